The highest BCUT2D eigenvalue weighted by atomic mass is 32.2. The largest absolute Gasteiger partial charge is 0.495 e. The third-order valence-corrected chi connectivity index (χ3v) is 8.29. The van der Waals surface area contributed by atoms with Crippen molar-refractivity contribution in [3.8, 4) is 5.75 Å². The number of methoxy groups -OCH3 is 1. The molecular weight excluding hydrogens is 428 g/mol. The van der Waals surface area contributed by atoms with E-state index in [0.717, 1.165) is 18.1 Å². The molecule has 0 aliphatic carbocycles. The maximum Gasteiger partial charge on any atom is 0.265 e. The number of aryl methyl sites for hydroxylation is 1. The van der Waals surface area contributed by atoms with E-state index in [2.05, 4.69) is 4.72 Å². The molecule has 0 spiro atoms. The molecule has 1 aliphatic heterocycles. The lowest BCUT2D eigenvalue weighted by Crippen LogP contribution is -2.33. The van der Waals surface area contributed by atoms with Gasteiger partial charge in [0.25, 0.3) is 10.0 Å². The molecule has 162 valence electrons. The molecule has 0 saturated carbocycles. The molecule has 1 saturated heterocycles. The molecule has 0 unspecified atom stereocenters. The third-order valence-electron chi connectivity index (χ3n) is 4.87. The highest BCUT2D eigenvalue weighted by Gasteiger charge is 2.50. The molecule has 1 aliphatic rings. The second-order valence-corrected chi connectivity index (χ2v) is 11.2. The van der Waals surface area contributed by atoms with E-state index in [0.29, 0.717) is 9.99 Å². The zero-order valence-electron chi connectivity index (χ0n) is 17.2. The minimum atomic E-state index is -4.12. The number of benzene rings is 2. The van der Waals surface area contributed by atoms with Gasteiger partial charge in [-0.2, -0.15) is 0 Å². The predicted molar refractivity (Wildman–Crippen MR) is 115 cm³/mol. The standard InChI is InChI=1S/C20H24N2O6S2/c1-5-14-6-8-15(9-7-14)21-30(26,27)18-12-16(10-11-17(18)28-4)22-19(23)20(2,3)13-29(22,24)25/h6-12,21H,5,13H2,1-4H3. The average Bonchev–Trinajstić information content (AvgIpc) is 2.84. The number of anilines is 2. The van der Waals surface area contributed by atoms with E-state index < -0.39 is 31.4 Å². The van der Waals surface area contributed by atoms with Gasteiger partial charge < -0.3 is 4.74 Å². The quantitative estimate of drug-likeness (QED) is 0.722. The molecule has 8 nitrogen and oxygen atoms in total. The Hall–Kier alpha value is -2.59. The Kier molecular flexibility index (Phi) is 5.59. The molecule has 1 fully saturated rings. The lowest BCUT2D eigenvalue weighted by molar-refractivity contribution is -0.123. The van der Waals surface area contributed by atoms with Crippen molar-refractivity contribution in [3.05, 3.63) is 48.0 Å². The van der Waals surface area contributed by atoms with Gasteiger partial charge in [0.1, 0.15) is 10.6 Å². The van der Waals surface area contributed by atoms with Crippen LogP contribution in [0.1, 0.15) is 26.3 Å². The van der Waals surface area contributed by atoms with E-state index in [-0.39, 0.29) is 22.1 Å². The summed E-state index contributed by atoms with van der Waals surface area (Å²) in [4.78, 5) is 12.4. The van der Waals surface area contributed by atoms with Crippen molar-refractivity contribution in [2.24, 2.45) is 5.41 Å². The molecular formula is C20H24N2O6S2. The summed E-state index contributed by atoms with van der Waals surface area (Å²) in [7, 11) is -6.73. The van der Waals surface area contributed by atoms with E-state index in [1.165, 1.54) is 33.1 Å². The van der Waals surface area contributed by atoms with Gasteiger partial charge in [-0.3, -0.25) is 9.52 Å². The zero-order chi connectivity index (χ0) is 22.3. The lowest BCUT2D eigenvalue weighted by Gasteiger charge is -2.19. The number of carbonyl (C=O) groups is 1. The van der Waals surface area contributed by atoms with Gasteiger partial charge in [-0.05, 0) is 56.2 Å². The minimum absolute atomic E-state index is 0.0275. The van der Waals surface area contributed by atoms with E-state index in [1.54, 1.807) is 12.1 Å². The SMILES string of the molecule is CCc1ccc(NS(=O)(=O)c2cc(N3C(=O)C(C)(C)CS3(=O)=O)ccc2OC)cc1. The van der Waals surface area contributed by atoms with Crippen molar-refractivity contribution < 1.29 is 26.4 Å². The number of rotatable bonds is 6. The van der Waals surface area contributed by atoms with Crippen molar-refractivity contribution in [1.29, 1.82) is 0 Å². The van der Waals surface area contributed by atoms with E-state index in [9.17, 15) is 21.6 Å². The Balaban J connectivity index is 2.05. The van der Waals surface area contributed by atoms with Gasteiger partial charge in [0.15, 0.2) is 0 Å². The fourth-order valence-electron chi connectivity index (χ4n) is 3.28. The van der Waals surface area contributed by atoms with Gasteiger partial charge in [-0.15, -0.1) is 0 Å². The number of carbonyl (C=O) groups excluding carboxylic acids is 1. The second-order valence-electron chi connectivity index (χ2n) is 7.70. The van der Waals surface area contributed by atoms with Crippen LogP contribution in [0, 0.1) is 5.41 Å². The van der Waals surface area contributed by atoms with E-state index in [4.69, 9.17) is 4.74 Å². The van der Waals surface area contributed by atoms with Crippen LogP contribution in [0.5, 0.6) is 5.75 Å². The van der Waals surface area contributed by atoms with Crippen LogP contribution in [0.2, 0.25) is 0 Å². The van der Waals surface area contributed by atoms with Crippen molar-refractivity contribution in [2.45, 2.75) is 32.1 Å². The first kappa shape index (κ1) is 22.1. The maximum atomic E-state index is 13.0. The number of amides is 1. The summed E-state index contributed by atoms with van der Waals surface area (Å²) in [6.07, 6.45) is 0.817. The number of nitrogens with zero attached hydrogens (tertiary/aromatic N) is 1. The summed E-state index contributed by atoms with van der Waals surface area (Å²) in [5.41, 5.74) is 0.258. The monoisotopic (exact) mass is 452 g/mol. The van der Waals surface area contributed by atoms with Crippen LogP contribution in [-0.2, 0) is 31.3 Å². The van der Waals surface area contributed by atoms with Gasteiger partial charge >= 0.3 is 0 Å². The maximum absolute atomic E-state index is 13.0. The van der Waals surface area contributed by atoms with Crippen LogP contribution in [0.25, 0.3) is 0 Å². The molecule has 0 bridgehead atoms. The first-order valence-corrected chi connectivity index (χ1v) is 12.4. The summed E-state index contributed by atoms with van der Waals surface area (Å²) in [6.45, 7) is 5.07. The van der Waals surface area contributed by atoms with Crippen molar-refractivity contribution in [2.75, 3.05) is 21.9 Å². The van der Waals surface area contributed by atoms with Crippen LogP contribution in [-0.4, -0.2) is 35.6 Å². The summed E-state index contributed by atoms with van der Waals surface area (Å²) in [5, 5.41) is 0. The fraction of sp³-hybridized carbons (Fsp3) is 0.350. The van der Waals surface area contributed by atoms with Crippen molar-refractivity contribution >= 4 is 37.3 Å². The van der Waals surface area contributed by atoms with Crippen molar-refractivity contribution in [1.82, 2.24) is 0 Å². The van der Waals surface area contributed by atoms with Crippen LogP contribution < -0.4 is 13.8 Å². The summed E-state index contributed by atoms with van der Waals surface area (Å²) >= 11 is 0. The van der Waals surface area contributed by atoms with Gasteiger partial charge in [0.05, 0.1) is 24.0 Å². The molecule has 2 aromatic carbocycles. The molecule has 0 radical (unpaired) electrons. The molecule has 1 N–H and O–H groups in total. The number of sulfonamides is 2. The van der Waals surface area contributed by atoms with Crippen LogP contribution in [0.15, 0.2) is 47.4 Å². The molecule has 1 heterocycles. The molecule has 0 aromatic heterocycles. The van der Waals surface area contributed by atoms with Gasteiger partial charge in [0, 0.05) is 5.69 Å². The molecule has 30 heavy (non-hydrogen) atoms. The Bertz CT molecular complexity index is 1190. The lowest BCUT2D eigenvalue weighted by atomic mass is 9.95. The van der Waals surface area contributed by atoms with Crippen LogP contribution >= 0.6 is 0 Å². The third kappa shape index (κ3) is 4.01. The normalized spacial score (nSPS) is 17.7. The fourth-order valence-corrected chi connectivity index (χ4v) is 6.63. The molecule has 3 rings (SSSR count). The predicted octanol–water partition coefficient (Wildman–Crippen LogP) is 2.76. The molecule has 0 atom stereocenters. The number of ether oxygens (including phenoxy) is 1. The van der Waals surface area contributed by atoms with Gasteiger partial charge in [-0.1, -0.05) is 19.1 Å². The highest BCUT2D eigenvalue weighted by molar-refractivity contribution is 7.94. The molecule has 10 heteroatoms. The Morgan fingerprint density at radius 2 is 1.77 bits per heavy atom. The number of nitrogens with one attached hydrogen (secondary N) is 1. The van der Waals surface area contributed by atoms with Gasteiger partial charge in [0.2, 0.25) is 15.9 Å². The highest BCUT2D eigenvalue weighted by Crippen LogP contribution is 2.38. The topological polar surface area (TPSA) is 110 Å². The summed E-state index contributed by atoms with van der Waals surface area (Å²) in [5.74, 6) is -0.937. The average molecular weight is 453 g/mol. The van der Waals surface area contributed by atoms with Crippen LogP contribution in [0.3, 0.4) is 0 Å². The Morgan fingerprint density at radius 3 is 2.27 bits per heavy atom. The van der Waals surface area contributed by atoms with E-state index in [1.807, 2.05) is 19.1 Å². The Morgan fingerprint density at radius 1 is 1.13 bits per heavy atom. The summed E-state index contributed by atoms with van der Waals surface area (Å²) in [6, 6.07) is 10.7. The summed E-state index contributed by atoms with van der Waals surface area (Å²) < 4.78 is 59.5. The molecule has 2 aromatic rings. The van der Waals surface area contributed by atoms with Crippen molar-refractivity contribution in [3.63, 3.8) is 0 Å². The van der Waals surface area contributed by atoms with Crippen LogP contribution in [0.4, 0.5) is 11.4 Å². The first-order chi connectivity index (χ1) is 13.9. The first-order valence-electron chi connectivity index (χ1n) is 9.28. The second kappa shape index (κ2) is 7.59. The van der Waals surface area contributed by atoms with Gasteiger partial charge in [-0.25, -0.2) is 21.1 Å². The minimum Gasteiger partial charge on any atom is -0.495 e. The zero-order valence-corrected chi connectivity index (χ0v) is 18.8. The molecule has 1 amide bonds. The number of hydrogen-bond acceptors (Lipinski definition) is 6. The smallest absolute Gasteiger partial charge is 0.265 e. The Labute approximate surface area is 177 Å². The number of hydrogen-bond donors (Lipinski definition) is 1. The van der Waals surface area contributed by atoms with E-state index >= 15 is 0 Å².